The average molecular weight is 581 g/mol. The molecule has 0 aliphatic heterocycles. The van der Waals surface area contributed by atoms with Gasteiger partial charge in [0.1, 0.15) is 19.8 Å². The second-order valence-corrected chi connectivity index (χ2v) is 11.9. The van der Waals surface area contributed by atoms with Crippen molar-refractivity contribution in [3.63, 3.8) is 0 Å². The van der Waals surface area contributed by atoms with Crippen LogP contribution in [0, 0.1) is 5.41 Å². The summed E-state index contributed by atoms with van der Waals surface area (Å²) in [4.78, 5) is 36.2. The van der Waals surface area contributed by atoms with E-state index < -0.39 is 29.9 Å². The summed E-state index contributed by atoms with van der Waals surface area (Å²) < 4.78 is 16.0. The fourth-order valence-electron chi connectivity index (χ4n) is 2.15. The van der Waals surface area contributed by atoms with Crippen LogP contribution in [0.5, 0.6) is 0 Å². The Hall–Kier alpha value is 0.470. The summed E-state index contributed by atoms with van der Waals surface area (Å²) in [5.41, 5.74) is -1.21. The highest BCUT2D eigenvalue weighted by Gasteiger charge is 2.35. The number of esters is 3. The molecule has 0 heterocycles. The first-order valence-electron chi connectivity index (χ1n) is 10.6. The predicted octanol–water partition coefficient (Wildman–Crippen LogP) is 2.75. The number of rotatable bonds is 22. The molecule has 7 nitrogen and oxygen atoms in total. The molecule has 13 heteroatoms. The van der Waals surface area contributed by atoms with E-state index >= 15 is 0 Å². The van der Waals surface area contributed by atoms with Gasteiger partial charge < -0.3 is 19.3 Å². The maximum atomic E-state index is 12.1. The van der Waals surface area contributed by atoms with Gasteiger partial charge >= 0.3 is 17.9 Å². The lowest BCUT2D eigenvalue weighted by molar-refractivity contribution is -0.164. The molecule has 0 amide bonds. The zero-order chi connectivity index (χ0) is 24.8. The Labute approximate surface area is 226 Å². The van der Waals surface area contributed by atoms with E-state index in [1.807, 2.05) is 0 Å². The van der Waals surface area contributed by atoms with E-state index in [-0.39, 0.29) is 39.1 Å². The second kappa shape index (κ2) is 22.9. The van der Waals surface area contributed by atoms with Crippen LogP contribution in [0.2, 0.25) is 0 Å². The molecule has 0 fully saturated rings. The minimum Gasteiger partial charge on any atom is -0.465 e. The molecule has 0 aromatic rings. The number of carbonyl (C=O) groups excluding carboxylic acids is 3. The van der Waals surface area contributed by atoms with E-state index in [4.69, 9.17) is 14.2 Å². The molecule has 0 rings (SSSR count). The van der Waals surface area contributed by atoms with Gasteiger partial charge in [-0.25, -0.2) is 0 Å². The minimum atomic E-state index is -1.21. The van der Waals surface area contributed by atoms with Crippen LogP contribution >= 0.6 is 73.2 Å². The lowest BCUT2D eigenvalue weighted by Crippen LogP contribution is -2.42. The molecule has 0 aliphatic rings. The van der Waals surface area contributed by atoms with Crippen molar-refractivity contribution in [1.29, 1.82) is 0 Å². The molecule has 1 N–H and O–H groups in total. The Morgan fingerprint density at radius 2 is 0.909 bits per heavy atom. The van der Waals surface area contributed by atoms with Gasteiger partial charge in [0.15, 0.2) is 0 Å². The fraction of sp³-hybridized carbons (Fsp3) is 0.850. The SMILES string of the molecule is O=C(CCSCCS)OCC(CO)(COC(=O)CCSCCS)COC(=O)CCSCCS. The number of hydrogen-bond donors (Lipinski definition) is 4. The molecule has 33 heavy (non-hydrogen) atoms. The van der Waals surface area contributed by atoms with Crippen LogP contribution in [-0.4, -0.2) is 101 Å². The highest BCUT2D eigenvalue weighted by atomic mass is 32.2. The van der Waals surface area contributed by atoms with Gasteiger partial charge in [0.05, 0.1) is 31.3 Å². The van der Waals surface area contributed by atoms with Gasteiger partial charge in [-0.3, -0.25) is 14.4 Å². The van der Waals surface area contributed by atoms with Gasteiger partial charge in [-0.1, -0.05) is 0 Å². The summed E-state index contributed by atoms with van der Waals surface area (Å²) >= 11 is 17.1. The molecule has 0 aromatic heterocycles. The second-order valence-electron chi connectivity index (χ2n) is 6.90. The van der Waals surface area contributed by atoms with E-state index in [2.05, 4.69) is 37.9 Å². The first-order valence-corrected chi connectivity index (χ1v) is 15.9. The minimum absolute atomic E-state index is 0.213. The molecular formula is C20H36O7S6. The van der Waals surface area contributed by atoms with Crippen molar-refractivity contribution in [1.82, 2.24) is 0 Å². The van der Waals surface area contributed by atoms with Gasteiger partial charge in [-0.15, -0.1) is 0 Å². The van der Waals surface area contributed by atoms with E-state index in [9.17, 15) is 19.5 Å². The van der Waals surface area contributed by atoms with Crippen LogP contribution in [-0.2, 0) is 28.6 Å². The average Bonchev–Trinajstić information content (AvgIpc) is 2.82. The van der Waals surface area contributed by atoms with Crippen LogP contribution in [0.25, 0.3) is 0 Å². The van der Waals surface area contributed by atoms with Gasteiger partial charge in [-0.05, 0) is 17.3 Å². The first-order chi connectivity index (χ1) is 15.9. The number of aliphatic hydroxyl groups excluding tert-OH is 1. The van der Waals surface area contributed by atoms with E-state index in [0.717, 1.165) is 34.5 Å². The van der Waals surface area contributed by atoms with Crippen LogP contribution in [0.3, 0.4) is 0 Å². The first kappa shape index (κ1) is 33.5. The van der Waals surface area contributed by atoms with Crippen molar-refractivity contribution < 1.29 is 33.7 Å². The highest BCUT2D eigenvalue weighted by molar-refractivity contribution is 8.00. The largest absolute Gasteiger partial charge is 0.465 e. The van der Waals surface area contributed by atoms with Crippen molar-refractivity contribution in [2.45, 2.75) is 19.3 Å². The summed E-state index contributed by atoms with van der Waals surface area (Å²) in [6, 6.07) is 0. The van der Waals surface area contributed by atoms with Crippen molar-refractivity contribution >= 4 is 91.1 Å². The van der Waals surface area contributed by atoms with E-state index in [1.54, 1.807) is 35.3 Å². The van der Waals surface area contributed by atoms with Gasteiger partial charge in [0.25, 0.3) is 0 Å². The third-order valence-electron chi connectivity index (χ3n) is 4.01. The van der Waals surface area contributed by atoms with Crippen LogP contribution < -0.4 is 0 Å². The molecule has 0 saturated heterocycles. The molecule has 0 aliphatic carbocycles. The molecule has 0 saturated carbocycles. The summed E-state index contributed by atoms with van der Waals surface area (Å²) in [6.07, 6.45) is 0.638. The monoisotopic (exact) mass is 580 g/mol. The molecular weight excluding hydrogens is 545 g/mol. The van der Waals surface area contributed by atoms with Crippen molar-refractivity contribution in [2.75, 3.05) is 78.2 Å². The Bertz CT molecular complexity index is 470. The number of thiol groups is 3. The Morgan fingerprint density at radius 3 is 1.15 bits per heavy atom. The maximum Gasteiger partial charge on any atom is 0.306 e. The standard InChI is InChI=1S/C20H36O7S6/c21-13-20(14-25-17(22)1-7-31-10-4-28,15-26-18(23)2-8-32-11-5-29)16-27-19(24)3-9-33-12-6-30/h21,28-30H,1-16H2. The number of carbonyl (C=O) groups is 3. The van der Waals surface area contributed by atoms with Crippen LogP contribution in [0.15, 0.2) is 0 Å². The summed E-state index contributed by atoms with van der Waals surface area (Å²) in [5.74, 6) is 5.20. The molecule has 0 radical (unpaired) electrons. The van der Waals surface area contributed by atoms with Gasteiger partial charge in [-0.2, -0.15) is 73.2 Å². The van der Waals surface area contributed by atoms with E-state index in [1.165, 1.54) is 0 Å². The van der Waals surface area contributed by atoms with Crippen LogP contribution in [0.1, 0.15) is 19.3 Å². The molecule has 0 bridgehead atoms. The topological polar surface area (TPSA) is 99.1 Å². The number of thioether (sulfide) groups is 3. The zero-order valence-electron chi connectivity index (χ0n) is 18.8. The van der Waals surface area contributed by atoms with Crippen molar-refractivity contribution in [3.05, 3.63) is 0 Å². The molecule has 0 spiro atoms. The quantitative estimate of drug-likeness (QED) is 0.0662. The summed E-state index contributed by atoms with van der Waals surface area (Å²) in [7, 11) is 0. The highest BCUT2D eigenvalue weighted by Crippen LogP contribution is 2.21. The summed E-state index contributed by atoms with van der Waals surface area (Å²) in [6.45, 7) is -1.13. The smallest absolute Gasteiger partial charge is 0.306 e. The van der Waals surface area contributed by atoms with Crippen LogP contribution in [0.4, 0.5) is 0 Å². The van der Waals surface area contributed by atoms with E-state index in [0.29, 0.717) is 17.3 Å². The fourth-order valence-corrected chi connectivity index (χ4v) is 5.24. The predicted molar refractivity (Wildman–Crippen MR) is 150 cm³/mol. The van der Waals surface area contributed by atoms with Crippen molar-refractivity contribution in [3.8, 4) is 0 Å². The third-order valence-corrected chi connectivity index (χ3v) is 8.55. The lowest BCUT2D eigenvalue weighted by Gasteiger charge is -2.30. The number of aliphatic hydroxyl groups is 1. The number of ether oxygens (including phenoxy) is 3. The lowest BCUT2D eigenvalue weighted by atomic mass is 9.92. The van der Waals surface area contributed by atoms with Gasteiger partial charge in [0, 0.05) is 34.5 Å². The molecule has 194 valence electrons. The number of hydrogen-bond acceptors (Lipinski definition) is 13. The summed E-state index contributed by atoms with van der Waals surface area (Å²) in [5, 5.41) is 10.0. The normalized spacial score (nSPS) is 11.3. The zero-order valence-corrected chi connectivity index (χ0v) is 23.9. The Morgan fingerprint density at radius 1 is 0.606 bits per heavy atom. The van der Waals surface area contributed by atoms with Crippen molar-refractivity contribution in [2.24, 2.45) is 5.41 Å². The Balaban J connectivity index is 4.78. The molecule has 0 atom stereocenters. The maximum absolute atomic E-state index is 12.1. The molecule has 0 unspecified atom stereocenters. The Kier molecular flexibility index (Phi) is 23.2. The third kappa shape index (κ3) is 19.4. The van der Waals surface area contributed by atoms with Gasteiger partial charge in [0.2, 0.25) is 0 Å². The molecule has 0 aromatic carbocycles.